The number of carbonyl (C=O) groups is 2. The number of benzene rings is 2. The van der Waals surface area contributed by atoms with E-state index in [0.29, 0.717) is 43.1 Å². The Hall–Kier alpha value is -3.99. The molecule has 0 spiro atoms. The van der Waals surface area contributed by atoms with Crippen LogP contribution in [0.15, 0.2) is 54.7 Å². The fourth-order valence-electron chi connectivity index (χ4n) is 4.92. The van der Waals surface area contributed by atoms with E-state index in [4.69, 9.17) is 5.26 Å². The molecule has 0 saturated heterocycles. The molecule has 2 aromatic carbocycles. The average molecular weight is 458 g/mol. The van der Waals surface area contributed by atoms with Gasteiger partial charge in [-0.1, -0.05) is 18.2 Å². The standard InChI is InChI=1S/C26H24FN5O2/c1-26(27)13-19(14-26)11-17-5-7-21(8-6-17)31-9-10-32-23(25(31)34)22(16-29-32)24(33)30-20-4-2-3-18(12-20)15-28/h2-8,12,16,19H,9-11,13-14H2,1H3,(H,30,33). The number of hydrogen-bond acceptors (Lipinski definition) is 4. The van der Waals surface area contributed by atoms with Gasteiger partial charge in [-0.2, -0.15) is 10.4 Å². The number of halogens is 1. The van der Waals surface area contributed by atoms with E-state index >= 15 is 0 Å². The van der Waals surface area contributed by atoms with Crippen LogP contribution in [-0.2, 0) is 13.0 Å². The van der Waals surface area contributed by atoms with E-state index < -0.39 is 11.6 Å². The van der Waals surface area contributed by atoms with Gasteiger partial charge in [0, 0.05) is 17.9 Å². The number of rotatable bonds is 5. The summed E-state index contributed by atoms with van der Waals surface area (Å²) < 4.78 is 15.3. The van der Waals surface area contributed by atoms with Crippen molar-refractivity contribution in [2.45, 2.75) is 38.4 Å². The van der Waals surface area contributed by atoms with Gasteiger partial charge in [-0.05, 0) is 68.0 Å². The molecule has 1 N–H and O–H groups in total. The first-order chi connectivity index (χ1) is 16.3. The largest absolute Gasteiger partial charge is 0.322 e. The molecule has 1 aromatic heterocycles. The molecule has 5 rings (SSSR count). The van der Waals surface area contributed by atoms with Crippen molar-refractivity contribution in [2.75, 3.05) is 16.8 Å². The van der Waals surface area contributed by atoms with Crippen molar-refractivity contribution in [2.24, 2.45) is 5.92 Å². The van der Waals surface area contributed by atoms with E-state index in [1.807, 2.05) is 30.3 Å². The van der Waals surface area contributed by atoms with Crippen LogP contribution >= 0.6 is 0 Å². The van der Waals surface area contributed by atoms with Gasteiger partial charge in [-0.3, -0.25) is 14.3 Å². The highest BCUT2D eigenvalue weighted by Gasteiger charge is 2.40. The summed E-state index contributed by atoms with van der Waals surface area (Å²) in [6.45, 7) is 2.56. The predicted octanol–water partition coefficient (Wildman–Crippen LogP) is 4.35. The number of nitrogens with zero attached hydrogens (tertiary/aromatic N) is 4. The van der Waals surface area contributed by atoms with Gasteiger partial charge in [-0.25, -0.2) is 4.39 Å². The SMILES string of the molecule is CC1(F)CC(Cc2ccc(N3CCn4ncc(C(=O)Nc5cccc(C#N)c5)c4C3=O)cc2)C1. The Balaban J connectivity index is 1.31. The first-order valence-electron chi connectivity index (χ1n) is 11.3. The lowest BCUT2D eigenvalue weighted by Gasteiger charge is -2.38. The monoisotopic (exact) mass is 457 g/mol. The van der Waals surface area contributed by atoms with Gasteiger partial charge in [0.15, 0.2) is 0 Å². The molecule has 0 bridgehead atoms. The number of amides is 2. The molecule has 0 radical (unpaired) electrons. The van der Waals surface area contributed by atoms with E-state index in [1.54, 1.807) is 40.8 Å². The van der Waals surface area contributed by atoms with E-state index in [9.17, 15) is 14.0 Å². The molecule has 1 aliphatic heterocycles. The second kappa shape index (κ2) is 8.41. The van der Waals surface area contributed by atoms with Crippen LogP contribution in [0.4, 0.5) is 15.8 Å². The van der Waals surface area contributed by atoms with Crippen molar-refractivity contribution in [1.82, 2.24) is 9.78 Å². The molecule has 0 unspecified atom stereocenters. The third-order valence-electron chi connectivity index (χ3n) is 6.52. The smallest absolute Gasteiger partial charge is 0.277 e. The topological polar surface area (TPSA) is 91.0 Å². The summed E-state index contributed by atoms with van der Waals surface area (Å²) in [5.74, 6) is -0.386. The summed E-state index contributed by atoms with van der Waals surface area (Å²) >= 11 is 0. The molecule has 1 aliphatic carbocycles. The van der Waals surface area contributed by atoms with Crippen LogP contribution in [-0.4, -0.2) is 33.8 Å². The van der Waals surface area contributed by atoms with Crippen LogP contribution in [0.25, 0.3) is 0 Å². The van der Waals surface area contributed by atoms with Crippen molar-refractivity contribution in [3.63, 3.8) is 0 Å². The minimum Gasteiger partial charge on any atom is -0.322 e. The van der Waals surface area contributed by atoms with Crippen LogP contribution in [0.3, 0.4) is 0 Å². The number of anilines is 2. The third-order valence-corrected chi connectivity index (χ3v) is 6.52. The maximum absolute atomic E-state index is 13.8. The summed E-state index contributed by atoms with van der Waals surface area (Å²) in [6, 6.07) is 16.4. The molecule has 8 heteroatoms. The number of fused-ring (bicyclic) bond motifs is 1. The summed E-state index contributed by atoms with van der Waals surface area (Å²) in [5.41, 5.74) is 2.16. The summed E-state index contributed by atoms with van der Waals surface area (Å²) in [5, 5.41) is 16.0. The number of carbonyl (C=O) groups excluding carboxylic acids is 2. The lowest BCUT2D eigenvalue weighted by molar-refractivity contribution is 0.0258. The fourth-order valence-corrected chi connectivity index (χ4v) is 4.92. The maximum atomic E-state index is 13.8. The van der Waals surface area contributed by atoms with Gasteiger partial charge in [-0.15, -0.1) is 0 Å². The molecule has 34 heavy (non-hydrogen) atoms. The minimum atomic E-state index is -1.03. The summed E-state index contributed by atoms with van der Waals surface area (Å²) in [7, 11) is 0. The molecular formula is C26H24FN5O2. The quantitative estimate of drug-likeness (QED) is 0.617. The second-order valence-electron chi connectivity index (χ2n) is 9.29. The van der Waals surface area contributed by atoms with Gasteiger partial charge in [0.25, 0.3) is 11.8 Å². The molecule has 0 atom stereocenters. The predicted molar refractivity (Wildman–Crippen MR) is 125 cm³/mol. The van der Waals surface area contributed by atoms with Gasteiger partial charge in [0.1, 0.15) is 11.4 Å². The lowest BCUT2D eigenvalue weighted by atomic mass is 9.71. The van der Waals surface area contributed by atoms with E-state index in [1.165, 1.54) is 6.20 Å². The van der Waals surface area contributed by atoms with Gasteiger partial charge in [0.05, 0.1) is 29.9 Å². The fraction of sp³-hybridized carbons (Fsp3) is 0.308. The molecule has 2 heterocycles. The molecule has 1 fully saturated rings. The number of alkyl halides is 1. The van der Waals surface area contributed by atoms with Crippen molar-refractivity contribution >= 4 is 23.2 Å². The van der Waals surface area contributed by atoms with E-state index in [0.717, 1.165) is 17.7 Å². The Morgan fingerprint density at radius 3 is 2.71 bits per heavy atom. The Bertz CT molecular complexity index is 1300. The highest BCUT2D eigenvalue weighted by Crippen LogP contribution is 2.42. The van der Waals surface area contributed by atoms with Crippen LogP contribution in [0.1, 0.15) is 51.7 Å². The second-order valence-corrected chi connectivity index (χ2v) is 9.29. The highest BCUT2D eigenvalue weighted by atomic mass is 19.1. The van der Waals surface area contributed by atoms with Crippen LogP contribution in [0, 0.1) is 17.2 Å². The number of aromatic nitrogens is 2. The third kappa shape index (κ3) is 4.17. The molecule has 3 aromatic rings. The number of nitrogens with one attached hydrogen (secondary N) is 1. The molecule has 2 amide bonds. The van der Waals surface area contributed by atoms with Crippen molar-refractivity contribution in [3.8, 4) is 6.07 Å². The van der Waals surface area contributed by atoms with Gasteiger partial charge in [0.2, 0.25) is 0 Å². The van der Waals surface area contributed by atoms with Crippen LogP contribution < -0.4 is 10.2 Å². The molecule has 1 saturated carbocycles. The van der Waals surface area contributed by atoms with Gasteiger partial charge >= 0.3 is 0 Å². The zero-order chi connectivity index (χ0) is 23.9. The minimum absolute atomic E-state index is 0.188. The Labute approximate surface area is 196 Å². The highest BCUT2D eigenvalue weighted by molar-refractivity contribution is 6.15. The molecule has 2 aliphatic rings. The first-order valence-corrected chi connectivity index (χ1v) is 11.3. The zero-order valence-corrected chi connectivity index (χ0v) is 18.8. The Morgan fingerprint density at radius 2 is 2.00 bits per heavy atom. The lowest BCUT2D eigenvalue weighted by Crippen LogP contribution is -2.41. The summed E-state index contributed by atoms with van der Waals surface area (Å²) in [6.07, 6.45) is 3.42. The van der Waals surface area contributed by atoms with Crippen LogP contribution in [0.5, 0.6) is 0 Å². The number of nitriles is 1. The first kappa shape index (κ1) is 21.8. The van der Waals surface area contributed by atoms with Crippen LogP contribution in [0.2, 0.25) is 0 Å². The van der Waals surface area contributed by atoms with E-state index in [-0.39, 0.29) is 17.2 Å². The normalized spacial score (nSPS) is 21.4. The van der Waals surface area contributed by atoms with Crippen molar-refractivity contribution < 1.29 is 14.0 Å². The Morgan fingerprint density at radius 1 is 1.24 bits per heavy atom. The van der Waals surface area contributed by atoms with Gasteiger partial charge < -0.3 is 10.2 Å². The van der Waals surface area contributed by atoms with Crippen molar-refractivity contribution in [1.29, 1.82) is 5.26 Å². The number of hydrogen-bond donors (Lipinski definition) is 1. The summed E-state index contributed by atoms with van der Waals surface area (Å²) in [4.78, 5) is 27.9. The van der Waals surface area contributed by atoms with E-state index in [2.05, 4.69) is 10.4 Å². The maximum Gasteiger partial charge on any atom is 0.277 e. The Kier molecular flexibility index (Phi) is 5.40. The average Bonchev–Trinajstić information content (AvgIpc) is 3.24. The molecule has 7 nitrogen and oxygen atoms in total. The zero-order valence-electron chi connectivity index (χ0n) is 18.8. The molecule has 172 valence electrons. The molecular weight excluding hydrogens is 433 g/mol. The van der Waals surface area contributed by atoms with Crippen molar-refractivity contribution in [3.05, 3.63) is 77.1 Å².